The molecule has 120 valence electrons. The Morgan fingerprint density at radius 3 is 2.87 bits per heavy atom. The molecular weight excluding hydrogens is 323 g/mol. The summed E-state index contributed by atoms with van der Waals surface area (Å²) >= 11 is 5.83. The summed E-state index contributed by atoms with van der Waals surface area (Å²) in [6, 6.07) is 7.48. The first-order chi connectivity index (χ1) is 11.0. The fraction of sp³-hybridized carbons (Fsp3) is 0.250. The number of halogens is 2. The highest BCUT2D eigenvalue weighted by Crippen LogP contribution is 2.40. The molecule has 0 radical (unpaired) electrons. The fourth-order valence-electron chi connectivity index (χ4n) is 2.37. The summed E-state index contributed by atoms with van der Waals surface area (Å²) in [6.45, 7) is 1.78. The lowest BCUT2D eigenvalue weighted by molar-refractivity contribution is -0.139. The SMILES string of the molecule is CCOC(=O)C1=C(CCl)OC(N)=C(C#N)C1c1cccc(F)c1. The zero-order valence-electron chi connectivity index (χ0n) is 12.3. The van der Waals surface area contributed by atoms with Crippen LogP contribution in [0.15, 0.2) is 47.1 Å². The molecule has 2 rings (SSSR count). The number of esters is 1. The van der Waals surface area contributed by atoms with E-state index in [1.54, 1.807) is 13.0 Å². The summed E-state index contributed by atoms with van der Waals surface area (Å²) in [5.74, 6) is -2.28. The Kier molecular flexibility index (Phi) is 5.24. The number of alkyl halides is 1. The second kappa shape index (κ2) is 7.16. The highest BCUT2D eigenvalue weighted by molar-refractivity contribution is 6.19. The molecule has 7 heteroatoms. The Balaban J connectivity index is 2.66. The monoisotopic (exact) mass is 336 g/mol. The zero-order valence-corrected chi connectivity index (χ0v) is 13.1. The minimum Gasteiger partial charge on any atom is -0.463 e. The van der Waals surface area contributed by atoms with Gasteiger partial charge in [-0.05, 0) is 24.6 Å². The lowest BCUT2D eigenvalue weighted by atomic mass is 9.83. The van der Waals surface area contributed by atoms with Crippen molar-refractivity contribution in [3.63, 3.8) is 0 Å². The van der Waals surface area contributed by atoms with Gasteiger partial charge in [0.05, 0.1) is 24.0 Å². The first-order valence-corrected chi connectivity index (χ1v) is 7.36. The van der Waals surface area contributed by atoms with Gasteiger partial charge >= 0.3 is 5.97 Å². The molecule has 1 unspecified atom stereocenters. The van der Waals surface area contributed by atoms with E-state index in [1.165, 1.54) is 18.2 Å². The summed E-state index contributed by atoms with van der Waals surface area (Å²) in [5, 5.41) is 9.38. The number of benzene rings is 1. The van der Waals surface area contributed by atoms with Crippen LogP contribution in [0.3, 0.4) is 0 Å². The number of nitriles is 1. The van der Waals surface area contributed by atoms with Gasteiger partial charge in [-0.1, -0.05) is 12.1 Å². The quantitative estimate of drug-likeness (QED) is 0.675. The van der Waals surface area contributed by atoms with Gasteiger partial charge in [-0.2, -0.15) is 5.26 Å². The number of nitrogens with two attached hydrogens (primary N) is 1. The van der Waals surface area contributed by atoms with E-state index >= 15 is 0 Å². The number of allylic oxidation sites excluding steroid dienone is 2. The molecule has 0 saturated heterocycles. The minimum absolute atomic E-state index is 0.00696. The van der Waals surface area contributed by atoms with Gasteiger partial charge in [0.15, 0.2) is 0 Å². The lowest BCUT2D eigenvalue weighted by Gasteiger charge is -2.27. The topological polar surface area (TPSA) is 85.3 Å². The standard InChI is InChI=1S/C16H14ClFN2O3/c1-2-22-16(21)14-12(7-17)23-15(20)11(8-19)13(14)9-4-3-5-10(18)6-9/h3-6,13H,2,7,20H2,1H3. The molecular formula is C16H14ClFN2O3. The normalized spacial score (nSPS) is 17.6. The number of hydrogen-bond donors (Lipinski definition) is 1. The molecule has 23 heavy (non-hydrogen) atoms. The van der Waals surface area contributed by atoms with Crippen molar-refractivity contribution in [3.05, 3.63) is 58.4 Å². The average Bonchev–Trinajstić information content (AvgIpc) is 2.53. The fourth-order valence-corrected chi connectivity index (χ4v) is 2.57. The predicted molar refractivity (Wildman–Crippen MR) is 81.4 cm³/mol. The van der Waals surface area contributed by atoms with Crippen LogP contribution in [-0.4, -0.2) is 18.5 Å². The number of ether oxygens (including phenoxy) is 2. The van der Waals surface area contributed by atoms with Gasteiger partial charge in [-0.15, -0.1) is 11.6 Å². The molecule has 1 aliphatic heterocycles. The van der Waals surface area contributed by atoms with Crippen molar-refractivity contribution >= 4 is 17.6 Å². The van der Waals surface area contributed by atoms with Crippen molar-refractivity contribution in [1.29, 1.82) is 5.26 Å². The second-order valence-electron chi connectivity index (χ2n) is 4.67. The lowest BCUT2D eigenvalue weighted by Crippen LogP contribution is -2.26. The van der Waals surface area contributed by atoms with Crippen LogP contribution in [0.25, 0.3) is 0 Å². The van der Waals surface area contributed by atoms with Crippen LogP contribution in [0.4, 0.5) is 4.39 Å². The van der Waals surface area contributed by atoms with E-state index in [0.29, 0.717) is 5.56 Å². The van der Waals surface area contributed by atoms with Gasteiger partial charge in [0.1, 0.15) is 23.2 Å². The summed E-state index contributed by atoms with van der Waals surface area (Å²) < 4.78 is 23.9. The predicted octanol–water partition coefficient (Wildman–Crippen LogP) is 2.69. The molecule has 0 aromatic heterocycles. The molecule has 2 N–H and O–H groups in total. The van der Waals surface area contributed by atoms with E-state index in [0.717, 1.165) is 0 Å². The molecule has 0 aliphatic carbocycles. The summed E-state index contributed by atoms with van der Waals surface area (Å²) in [6.07, 6.45) is 0. The maximum Gasteiger partial charge on any atom is 0.338 e. The minimum atomic E-state index is -0.891. The van der Waals surface area contributed by atoms with Crippen molar-refractivity contribution < 1.29 is 18.7 Å². The molecule has 1 heterocycles. The molecule has 0 fully saturated rings. The molecule has 1 atom stereocenters. The molecule has 0 amide bonds. The Hall–Kier alpha value is -2.52. The van der Waals surface area contributed by atoms with Crippen LogP contribution in [-0.2, 0) is 14.3 Å². The highest BCUT2D eigenvalue weighted by atomic mass is 35.5. The Labute approximate surface area is 137 Å². The van der Waals surface area contributed by atoms with E-state index in [2.05, 4.69) is 0 Å². The van der Waals surface area contributed by atoms with Crippen molar-refractivity contribution in [2.45, 2.75) is 12.8 Å². The van der Waals surface area contributed by atoms with Crippen LogP contribution in [0.1, 0.15) is 18.4 Å². The third-order valence-corrected chi connectivity index (χ3v) is 3.54. The van der Waals surface area contributed by atoms with Gasteiger partial charge in [-0.25, -0.2) is 9.18 Å². The molecule has 0 saturated carbocycles. The summed E-state index contributed by atoms with van der Waals surface area (Å²) in [5.41, 5.74) is 6.20. The third-order valence-electron chi connectivity index (χ3n) is 3.30. The van der Waals surface area contributed by atoms with Crippen molar-refractivity contribution in [2.75, 3.05) is 12.5 Å². The van der Waals surface area contributed by atoms with Crippen LogP contribution < -0.4 is 5.73 Å². The van der Waals surface area contributed by atoms with E-state index < -0.39 is 17.7 Å². The van der Waals surface area contributed by atoms with E-state index in [9.17, 15) is 14.4 Å². The number of rotatable bonds is 4. The number of hydrogen-bond acceptors (Lipinski definition) is 5. The van der Waals surface area contributed by atoms with Crippen LogP contribution in [0.2, 0.25) is 0 Å². The zero-order chi connectivity index (χ0) is 17.0. The average molecular weight is 337 g/mol. The summed E-state index contributed by atoms with van der Waals surface area (Å²) in [4.78, 5) is 12.3. The van der Waals surface area contributed by atoms with Crippen LogP contribution >= 0.6 is 11.6 Å². The number of carbonyl (C=O) groups excluding carboxylic acids is 1. The Morgan fingerprint density at radius 2 is 2.30 bits per heavy atom. The van der Waals surface area contributed by atoms with Crippen LogP contribution in [0, 0.1) is 17.1 Å². The third kappa shape index (κ3) is 3.30. The van der Waals surface area contributed by atoms with Gasteiger partial charge in [0.25, 0.3) is 0 Å². The number of carbonyl (C=O) groups is 1. The first-order valence-electron chi connectivity index (χ1n) is 6.82. The molecule has 1 aromatic rings. The molecule has 0 spiro atoms. The summed E-state index contributed by atoms with van der Waals surface area (Å²) in [7, 11) is 0. The van der Waals surface area contributed by atoms with Crippen molar-refractivity contribution in [1.82, 2.24) is 0 Å². The van der Waals surface area contributed by atoms with Crippen molar-refractivity contribution in [2.24, 2.45) is 5.73 Å². The smallest absolute Gasteiger partial charge is 0.338 e. The highest BCUT2D eigenvalue weighted by Gasteiger charge is 2.37. The Bertz CT molecular complexity index is 737. The van der Waals surface area contributed by atoms with E-state index in [4.69, 9.17) is 26.8 Å². The molecule has 0 bridgehead atoms. The Morgan fingerprint density at radius 1 is 1.57 bits per heavy atom. The molecule has 5 nitrogen and oxygen atoms in total. The first kappa shape index (κ1) is 16.8. The maximum absolute atomic E-state index is 13.6. The van der Waals surface area contributed by atoms with Crippen molar-refractivity contribution in [3.8, 4) is 6.07 Å². The van der Waals surface area contributed by atoms with Gasteiger partial charge in [0, 0.05) is 0 Å². The van der Waals surface area contributed by atoms with Gasteiger partial charge in [-0.3, -0.25) is 0 Å². The van der Waals surface area contributed by atoms with E-state index in [1.807, 2.05) is 6.07 Å². The van der Waals surface area contributed by atoms with E-state index in [-0.39, 0.29) is 35.3 Å². The molecule has 1 aromatic carbocycles. The largest absolute Gasteiger partial charge is 0.463 e. The second-order valence-corrected chi connectivity index (χ2v) is 4.94. The molecule has 1 aliphatic rings. The van der Waals surface area contributed by atoms with Crippen LogP contribution in [0.5, 0.6) is 0 Å². The van der Waals surface area contributed by atoms with Gasteiger partial charge < -0.3 is 15.2 Å². The number of nitrogens with zero attached hydrogens (tertiary/aromatic N) is 1. The van der Waals surface area contributed by atoms with Gasteiger partial charge in [0.2, 0.25) is 5.88 Å². The maximum atomic E-state index is 13.6.